The van der Waals surface area contributed by atoms with Gasteiger partial charge in [0.15, 0.2) is 5.78 Å². The van der Waals surface area contributed by atoms with Gasteiger partial charge in [-0.15, -0.1) is 0 Å². The van der Waals surface area contributed by atoms with Gasteiger partial charge in [0, 0.05) is 33.6 Å². The van der Waals surface area contributed by atoms with E-state index in [4.69, 9.17) is 0 Å². The molecule has 0 aliphatic rings. The Kier molecular flexibility index (Phi) is 3.67. The summed E-state index contributed by atoms with van der Waals surface area (Å²) < 4.78 is 1.00. The molecule has 1 aromatic heterocycles. The number of hydrogen-bond donors (Lipinski definition) is 1. The molecular weight excluding hydrogens is 278 g/mol. The zero-order valence-electron chi connectivity index (χ0n) is 10.1. The van der Waals surface area contributed by atoms with Crippen LogP contribution in [0.5, 0.6) is 0 Å². The van der Waals surface area contributed by atoms with E-state index in [1.54, 1.807) is 0 Å². The molecule has 0 atom stereocenters. The SMILES string of the molecule is CC(C)CCC(=O)c1c[nH]c2ccc(Br)cc12. The van der Waals surface area contributed by atoms with Crippen LogP contribution in [0.1, 0.15) is 37.0 Å². The van der Waals surface area contributed by atoms with Crippen LogP contribution >= 0.6 is 15.9 Å². The number of carbonyl (C=O) groups is 1. The van der Waals surface area contributed by atoms with E-state index in [1.165, 1.54) is 0 Å². The molecule has 0 aliphatic carbocycles. The minimum Gasteiger partial charge on any atom is -0.360 e. The van der Waals surface area contributed by atoms with Crippen LogP contribution in [-0.2, 0) is 0 Å². The Labute approximate surface area is 110 Å². The average molecular weight is 294 g/mol. The zero-order valence-corrected chi connectivity index (χ0v) is 11.7. The highest BCUT2D eigenvalue weighted by molar-refractivity contribution is 9.10. The van der Waals surface area contributed by atoms with E-state index in [1.807, 2.05) is 24.4 Å². The number of carbonyl (C=O) groups excluding carboxylic acids is 1. The first-order valence-corrected chi connectivity index (χ1v) is 6.67. The van der Waals surface area contributed by atoms with Gasteiger partial charge in [0.25, 0.3) is 0 Å². The molecule has 0 aliphatic heterocycles. The van der Waals surface area contributed by atoms with E-state index < -0.39 is 0 Å². The molecule has 0 radical (unpaired) electrons. The number of hydrogen-bond acceptors (Lipinski definition) is 1. The van der Waals surface area contributed by atoms with E-state index in [0.717, 1.165) is 27.4 Å². The van der Waals surface area contributed by atoms with E-state index in [2.05, 4.69) is 34.8 Å². The van der Waals surface area contributed by atoms with Crippen molar-refractivity contribution in [3.63, 3.8) is 0 Å². The van der Waals surface area contributed by atoms with Gasteiger partial charge in [0.1, 0.15) is 0 Å². The van der Waals surface area contributed by atoms with Crippen molar-refractivity contribution in [3.05, 3.63) is 34.4 Å². The number of rotatable bonds is 4. The molecule has 0 saturated heterocycles. The Bertz CT molecular complexity index is 542. The number of halogens is 1. The van der Waals surface area contributed by atoms with Crippen LogP contribution in [0.4, 0.5) is 0 Å². The molecular formula is C14H16BrNO. The van der Waals surface area contributed by atoms with Crippen molar-refractivity contribution >= 4 is 32.6 Å². The number of nitrogens with one attached hydrogen (secondary N) is 1. The molecule has 2 aromatic rings. The van der Waals surface area contributed by atoms with Crippen molar-refractivity contribution < 1.29 is 4.79 Å². The maximum atomic E-state index is 12.1. The second-order valence-corrected chi connectivity index (χ2v) is 5.66. The monoisotopic (exact) mass is 293 g/mol. The van der Waals surface area contributed by atoms with Crippen LogP contribution in [0.15, 0.2) is 28.9 Å². The summed E-state index contributed by atoms with van der Waals surface area (Å²) in [6, 6.07) is 5.95. The first-order chi connectivity index (χ1) is 8.08. The van der Waals surface area contributed by atoms with Crippen molar-refractivity contribution in [2.24, 2.45) is 5.92 Å². The number of ketones is 1. The van der Waals surface area contributed by atoms with Gasteiger partial charge in [-0.3, -0.25) is 4.79 Å². The lowest BCUT2D eigenvalue weighted by Crippen LogP contribution is -2.00. The molecule has 0 fully saturated rings. The summed E-state index contributed by atoms with van der Waals surface area (Å²) in [7, 11) is 0. The minimum absolute atomic E-state index is 0.225. The normalized spacial score (nSPS) is 11.3. The van der Waals surface area contributed by atoms with Gasteiger partial charge in [-0.25, -0.2) is 0 Å². The van der Waals surface area contributed by atoms with Crippen molar-refractivity contribution in [1.82, 2.24) is 4.98 Å². The van der Waals surface area contributed by atoms with Gasteiger partial charge in [-0.2, -0.15) is 0 Å². The van der Waals surface area contributed by atoms with Crippen molar-refractivity contribution in [3.8, 4) is 0 Å². The van der Waals surface area contributed by atoms with Crippen molar-refractivity contribution in [1.29, 1.82) is 0 Å². The minimum atomic E-state index is 0.225. The summed E-state index contributed by atoms with van der Waals surface area (Å²) in [5.41, 5.74) is 1.82. The lowest BCUT2D eigenvalue weighted by Gasteiger charge is -2.03. The van der Waals surface area contributed by atoms with Gasteiger partial charge in [-0.05, 0) is 30.5 Å². The highest BCUT2D eigenvalue weighted by Gasteiger charge is 2.12. The molecule has 1 N–H and O–H groups in total. The predicted molar refractivity (Wildman–Crippen MR) is 74.4 cm³/mol. The Hall–Kier alpha value is -1.09. The second-order valence-electron chi connectivity index (χ2n) is 4.75. The number of Topliss-reactive ketones (excluding diaryl/α,β-unsaturated/α-hetero) is 1. The van der Waals surface area contributed by atoms with Gasteiger partial charge in [0.05, 0.1) is 0 Å². The van der Waals surface area contributed by atoms with Gasteiger partial charge in [-0.1, -0.05) is 29.8 Å². The van der Waals surface area contributed by atoms with Gasteiger partial charge in [0.2, 0.25) is 0 Å². The highest BCUT2D eigenvalue weighted by Crippen LogP contribution is 2.24. The lowest BCUT2D eigenvalue weighted by molar-refractivity contribution is 0.0977. The molecule has 17 heavy (non-hydrogen) atoms. The van der Waals surface area contributed by atoms with E-state index >= 15 is 0 Å². The molecule has 1 heterocycles. The molecule has 1 aromatic carbocycles. The molecule has 0 unspecified atom stereocenters. The van der Waals surface area contributed by atoms with E-state index in [-0.39, 0.29) is 5.78 Å². The molecule has 0 bridgehead atoms. The van der Waals surface area contributed by atoms with Gasteiger partial charge >= 0.3 is 0 Å². The number of fused-ring (bicyclic) bond motifs is 1. The van der Waals surface area contributed by atoms with Crippen molar-refractivity contribution in [2.45, 2.75) is 26.7 Å². The van der Waals surface area contributed by atoms with E-state index in [0.29, 0.717) is 12.3 Å². The third-order valence-electron chi connectivity index (χ3n) is 2.89. The van der Waals surface area contributed by atoms with Crippen LogP contribution in [0.25, 0.3) is 10.9 Å². The molecule has 2 nitrogen and oxygen atoms in total. The molecule has 2 rings (SSSR count). The van der Waals surface area contributed by atoms with Crippen LogP contribution in [0.2, 0.25) is 0 Å². The number of H-pyrrole nitrogens is 1. The van der Waals surface area contributed by atoms with Crippen LogP contribution in [0.3, 0.4) is 0 Å². The molecule has 0 saturated carbocycles. The number of aromatic nitrogens is 1. The fraction of sp³-hybridized carbons (Fsp3) is 0.357. The summed E-state index contributed by atoms with van der Waals surface area (Å²) in [6.07, 6.45) is 3.39. The molecule has 0 spiro atoms. The quantitative estimate of drug-likeness (QED) is 0.824. The lowest BCUT2D eigenvalue weighted by atomic mass is 10.0. The van der Waals surface area contributed by atoms with Crippen molar-refractivity contribution in [2.75, 3.05) is 0 Å². The Morgan fingerprint density at radius 3 is 2.88 bits per heavy atom. The fourth-order valence-corrected chi connectivity index (χ4v) is 2.24. The van der Waals surface area contributed by atoms with Crippen LogP contribution < -0.4 is 0 Å². The van der Waals surface area contributed by atoms with Gasteiger partial charge < -0.3 is 4.98 Å². The molecule has 90 valence electrons. The summed E-state index contributed by atoms with van der Waals surface area (Å²) in [6.45, 7) is 4.28. The highest BCUT2D eigenvalue weighted by atomic mass is 79.9. The average Bonchev–Trinajstić information content (AvgIpc) is 2.68. The predicted octanol–water partition coefficient (Wildman–Crippen LogP) is 4.55. The standard InChI is InChI=1S/C14H16BrNO/c1-9(2)3-6-14(17)12-8-16-13-5-4-10(15)7-11(12)13/h4-5,7-9,16H,3,6H2,1-2H3. The largest absolute Gasteiger partial charge is 0.360 e. The maximum absolute atomic E-state index is 12.1. The zero-order chi connectivity index (χ0) is 12.4. The Balaban J connectivity index is 2.29. The van der Waals surface area contributed by atoms with Crippen LogP contribution in [0, 0.1) is 5.92 Å². The fourth-order valence-electron chi connectivity index (χ4n) is 1.88. The number of aromatic amines is 1. The third-order valence-corrected chi connectivity index (χ3v) is 3.39. The first-order valence-electron chi connectivity index (χ1n) is 5.87. The summed E-state index contributed by atoms with van der Waals surface area (Å²) in [5.74, 6) is 0.791. The molecule has 3 heteroatoms. The third kappa shape index (κ3) is 2.78. The number of benzene rings is 1. The van der Waals surface area contributed by atoms with Crippen LogP contribution in [-0.4, -0.2) is 10.8 Å². The summed E-state index contributed by atoms with van der Waals surface area (Å²) >= 11 is 3.44. The smallest absolute Gasteiger partial charge is 0.165 e. The van der Waals surface area contributed by atoms with E-state index in [9.17, 15) is 4.79 Å². The summed E-state index contributed by atoms with van der Waals surface area (Å²) in [5, 5.41) is 1.01. The Morgan fingerprint density at radius 2 is 2.18 bits per heavy atom. The Morgan fingerprint density at radius 1 is 1.41 bits per heavy atom. The summed E-state index contributed by atoms with van der Waals surface area (Å²) in [4.78, 5) is 15.2. The topological polar surface area (TPSA) is 32.9 Å². The first kappa shape index (κ1) is 12.4. The maximum Gasteiger partial charge on any atom is 0.165 e. The second kappa shape index (κ2) is 5.05. The molecule has 0 amide bonds.